The van der Waals surface area contributed by atoms with Gasteiger partial charge >= 0.3 is 6.03 Å². The van der Waals surface area contributed by atoms with Gasteiger partial charge < -0.3 is 20.7 Å². The third-order valence-electron chi connectivity index (χ3n) is 3.88. The number of fused-ring (bicyclic) bond motifs is 1. The van der Waals surface area contributed by atoms with Crippen LogP contribution in [0.15, 0.2) is 18.2 Å². The minimum atomic E-state index is -0.132. The van der Waals surface area contributed by atoms with Crippen LogP contribution in [-0.2, 0) is 11.3 Å². The normalized spacial score (nSPS) is 18.6. The Labute approximate surface area is 124 Å². The minimum Gasteiger partial charge on any atom is -0.385 e. The molecule has 6 nitrogen and oxygen atoms in total. The predicted molar refractivity (Wildman–Crippen MR) is 82.7 cm³/mol. The zero-order chi connectivity index (χ0) is 14.5. The third kappa shape index (κ3) is 3.86. The number of anilines is 2. The number of amides is 2. The van der Waals surface area contributed by atoms with E-state index in [2.05, 4.69) is 26.9 Å². The summed E-state index contributed by atoms with van der Waals surface area (Å²) in [5.74, 6) is 0. The Morgan fingerprint density at radius 2 is 2.14 bits per heavy atom. The molecule has 2 aliphatic rings. The molecule has 0 atom stereocenters. The van der Waals surface area contributed by atoms with Gasteiger partial charge in [-0.2, -0.15) is 0 Å². The molecule has 21 heavy (non-hydrogen) atoms. The van der Waals surface area contributed by atoms with Gasteiger partial charge in [0.25, 0.3) is 0 Å². The van der Waals surface area contributed by atoms with Gasteiger partial charge in [-0.1, -0.05) is 6.07 Å². The summed E-state index contributed by atoms with van der Waals surface area (Å²) in [5.41, 5.74) is 3.07. The van der Waals surface area contributed by atoms with Crippen LogP contribution in [0.1, 0.15) is 12.0 Å². The minimum absolute atomic E-state index is 0.132. The van der Waals surface area contributed by atoms with Crippen LogP contribution in [0.4, 0.5) is 16.2 Å². The zero-order valence-electron chi connectivity index (χ0n) is 12.2. The fourth-order valence-corrected chi connectivity index (χ4v) is 2.66. The molecule has 3 N–H and O–H groups in total. The van der Waals surface area contributed by atoms with Gasteiger partial charge in [-0.25, -0.2) is 4.79 Å². The summed E-state index contributed by atoms with van der Waals surface area (Å²) in [6.45, 7) is 6.41. The van der Waals surface area contributed by atoms with Crippen LogP contribution < -0.4 is 16.0 Å². The second-order valence-corrected chi connectivity index (χ2v) is 5.41. The van der Waals surface area contributed by atoms with E-state index in [1.807, 2.05) is 12.1 Å². The number of carbonyl (C=O) groups excluding carboxylic acids is 1. The van der Waals surface area contributed by atoms with Gasteiger partial charge in [-0.05, 0) is 30.7 Å². The Bertz CT molecular complexity index is 500. The molecule has 2 aliphatic heterocycles. The van der Waals surface area contributed by atoms with Crippen molar-refractivity contribution in [3.8, 4) is 0 Å². The second-order valence-electron chi connectivity index (χ2n) is 5.41. The molecule has 0 unspecified atom stereocenters. The van der Waals surface area contributed by atoms with Crippen molar-refractivity contribution in [3.05, 3.63) is 23.8 Å². The van der Waals surface area contributed by atoms with Crippen LogP contribution in [0.2, 0.25) is 0 Å². The summed E-state index contributed by atoms with van der Waals surface area (Å²) in [7, 11) is 0. The van der Waals surface area contributed by atoms with Crippen LogP contribution in [0.25, 0.3) is 0 Å². The van der Waals surface area contributed by atoms with Gasteiger partial charge in [0.2, 0.25) is 0 Å². The third-order valence-corrected chi connectivity index (χ3v) is 3.88. The first-order valence-electron chi connectivity index (χ1n) is 7.53. The largest absolute Gasteiger partial charge is 0.385 e. The van der Waals surface area contributed by atoms with Crippen molar-refractivity contribution in [1.29, 1.82) is 0 Å². The Hall–Kier alpha value is -1.79. The zero-order valence-corrected chi connectivity index (χ0v) is 12.2. The van der Waals surface area contributed by atoms with Crippen LogP contribution in [-0.4, -0.2) is 50.3 Å². The van der Waals surface area contributed by atoms with E-state index < -0.39 is 0 Å². The lowest BCUT2D eigenvalue weighted by molar-refractivity contribution is 0.0378. The van der Waals surface area contributed by atoms with E-state index in [1.54, 1.807) is 0 Å². The fourth-order valence-electron chi connectivity index (χ4n) is 2.66. The number of urea groups is 1. The van der Waals surface area contributed by atoms with Crippen molar-refractivity contribution >= 4 is 17.4 Å². The number of morpholine rings is 1. The van der Waals surface area contributed by atoms with Gasteiger partial charge in [0, 0.05) is 37.6 Å². The average Bonchev–Trinajstić information content (AvgIpc) is 2.52. The van der Waals surface area contributed by atoms with Gasteiger partial charge in [0.1, 0.15) is 0 Å². The molecule has 6 heteroatoms. The number of ether oxygens (including phenoxy) is 1. The van der Waals surface area contributed by atoms with E-state index in [0.717, 1.165) is 62.8 Å². The molecule has 0 saturated carbocycles. The molecule has 0 bridgehead atoms. The highest BCUT2D eigenvalue weighted by molar-refractivity contribution is 5.92. The number of nitrogens with one attached hydrogen (secondary N) is 3. The van der Waals surface area contributed by atoms with E-state index in [1.165, 1.54) is 0 Å². The molecule has 1 aromatic carbocycles. The smallest absolute Gasteiger partial charge is 0.319 e. The summed E-state index contributed by atoms with van der Waals surface area (Å²) in [6.07, 6.45) is 1.10. The molecule has 2 heterocycles. The van der Waals surface area contributed by atoms with Crippen LogP contribution in [0, 0.1) is 0 Å². The van der Waals surface area contributed by atoms with Crippen LogP contribution >= 0.6 is 0 Å². The highest BCUT2D eigenvalue weighted by Crippen LogP contribution is 2.23. The van der Waals surface area contributed by atoms with Crippen molar-refractivity contribution in [1.82, 2.24) is 10.2 Å². The van der Waals surface area contributed by atoms with Crippen LogP contribution in [0.5, 0.6) is 0 Å². The lowest BCUT2D eigenvalue weighted by Crippen LogP contribution is -2.37. The highest BCUT2D eigenvalue weighted by atomic mass is 16.5. The molecule has 0 aliphatic carbocycles. The number of rotatable bonds is 5. The maximum absolute atomic E-state index is 11.3. The first kappa shape index (κ1) is 14.2. The molecule has 1 fully saturated rings. The number of benzene rings is 1. The average molecular weight is 290 g/mol. The maximum Gasteiger partial charge on any atom is 0.319 e. The van der Waals surface area contributed by atoms with Crippen molar-refractivity contribution < 1.29 is 9.53 Å². The maximum atomic E-state index is 11.3. The molecular formula is C15H22N4O2. The lowest BCUT2D eigenvalue weighted by atomic mass is 10.1. The van der Waals surface area contributed by atoms with E-state index in [4.69, 9.17) is 4.74 Å². The molecule has 1 saturated heterocycles. The summed E-state index contributed by atoms with van der Waals surface area (Å²) in [5, 5.41) is 9.01. The molecule has 114 valence electrons. The van der Waals surface area contributed by atoms with Crippen molar-refractivity contribution in [3.63, 3.8) is 0 Å². The number of nitrogens with zero attached hydrogens (tertiary/aromatic N) is 1. The standard InChI is InChI=1S/C15H22N4O2/c20-15-17-11-12-2-3-13(10-14(12)18-15)16-4-1-5-19-6-8-21-9-7-19/h2-3,10,16H,1,4-9,11H2,(H2,17,18,20). The highest BCUT2D eigenvalue weighted by Gasteiger charge is 2.13. The van der Waals surface area contributed by atoms with E-state index in [0.29, 0.717) is 6.54 Å². The fraction of sp³-hybridized carbons (Fsp3) is 0.533. The van der Waals surface area contributed by atoms with E-state index >= 15 is 0 Å². The van der Waals surface area contributed by atoms with E-state index in [-0.39, 0.29) is 6.03 Å². The molecule has 1 aromatic rings. The quantitative estimate of drug-likeness (QED) is 0.718. The number of hydrogen-bond acceptors (Lipinski definition) is 4. The Morgan fingerprint density at radius 1 is 1.29 bits per heavy atom. The van der Waals surface area contributed by atoms with Crippen molar-refractivity contribution in [2.75, 3.05) is 50.0 Å². The Kier molecular flexibility index (Phi) is 4.57. The summed E-state index contributed by atoms with van der Waals surface area (Å²) in [4.78, 5) is 13.7. The Balaban J connectivity index is 1.45. The number of carbonyl (C=O) groups is 1. The van der Waals surface area contributed by atoms with Crippen LogP contribution in [0.3, 0.4) is 0 Å². The van der Waals surface area contributed by atoms with Gasteiger partial charge in [0.05, 0.1) is 13.2 Å². The molecule has 2 amide bonds. The van der Waals surface area contributed by atoms with E-state index in [9.17, 15) is 4.79 Å². The molecule has 3 rings (SSSR count). The first-order chi connectivity index (χ1) is 10.3. The molecule has 0 radical (unpaired) electrons. The van der Waals surface area contributed by atoms with Crippen molar-refractivity contribution in [2.24, 2.45) is 0 Å². The Morgan fingerprint density at radius 3 is 3.00 bits per heavy atom. The van der Waals surface area contributed by atoms with Gasteiger partial charge in [-0.3, -0.25) is 4.90 Å². The number of hydrogen-bond donors (Lipinski definition) is 3. The van der Waals surface area contributed by atoms with Gasteiger partial charge in [0.15, 0.2) is 0 Å². The first-order valence-corrected chi connectivity index (χ1v) is 7.53. The summed E-state index contributed by atoms with van der Waals surface area (Å²) < 4.78 is 5.34. The lowest BCUT2D eigenvalue weighted by Gasteiger charge is -2.26. The predicted octanol–water partition coefficient (Wildman–Crippen LogP) is 1.46. The second kappa shape index (κ2) is 6.78. The molecular weight excluding hydrogens is 268 g/mol. The van der Waals surface area contributed by atoms with Crippen molar-refractivity contribution in [2.45, 2.75) is 13.0 Å². The topological polar surface area (TPSA) is 65.6 Å². The van der Waals surface area contributed by atoms with Gasteiger partial charge in [-0.15, -0.1) is 0 Å². The molecule has 0 spiro atoms. The monoisotopic (exact) mass is 290 g/mol. The summed E-state index contributed by atoms with van der Waals surface area (Å²) >= 11 is 0. The summed E-state index contributed by atoms with van der Waals surface area (Å²) in [6, 6.07) is 5.98. The molecule has 0 aromatic heterocycles. The SMILES string of the molecule is O=C1NCc2ccc(NCCCN3CCOCC3)cc2N1.